The number of anilines is 2. The van der Waals surface area contributed by atoms with Crippen molar-refractivity contribution in [3.63, 3.8) is 0 Å². The molecule has 0 heterocycles. The maximum Gasteiger partial charge on any atom is 0.416 e. The van der Waals surface area contributed by atoms with Crippen LogP contribution >= 0.6 is 0 Å². The minimum atomic E-state index is -4.54. The Bertz CT molecular complexity index is 1160. The number of hydrogen-bond acceptors (Lipinski definition) is 3. The summed E-state index contributed by atoms with van der Waals surface area (Å²) in [6.45, 7) is 0. The van der Waals surface area contributed by atoms with Gasteiger partial charge in [-0.1, -0.05) is 24.3 Å². The first-order valence-corrected chi connectivity index (χ1v) is 8.87. The second-order valence-electron chi connectivity index (χ2n) is 6.42. The minimum Gasteiger partial charge on any atom is -0.478 e. The molecule has 0 aliphatic carbocycles. The molecule has 0 radical (unpaired) electrons. The third-order valence-corrected chi connectivity index (χ3v) is 4.23. The van der Waals surface area contributed by atoms with Gasteiger partial charge in [0, 0.05) is 16.9 Å². The number of alkyl halides is 3. The number of amides is 2. The maximum absolute atomic E-state index is 12.8. The standard InChI is InChI=1S/C22H15F3N2O4/c23-22(24,25)14-6-4-8-16(12-14)26-19(28)13-5-3-7-15(11-13)27-20(29)17-9-1-2-10-18(17)21(30)31/h1-12H,(H,26,28)(H,27,29)(H,30,31). The predicted octanol–water partition coefficient (Wildman–Crippen LogP) is 4.91. The van der Waals surface area contributed by atoms with E-state index in [0.717, 1.165) is 12.1 Å². The van der Waals surface area contributed by atoms with E-state index in [9.17, 15) is 32.7 Å². The number of nitrogens with one attached hydrogen (secondary N) is 2. The van der Waals surface area contributed by atoms with E-state index >= 15 is 0 Å². The Morgan fingerprint density at radius 1 is 0.710 bits per heavy atom. The second-order valence-corrected chi connectivity index (χ2v) is 6.42. The zero-order valence-electron chi connectivity index (χ0n) is 15.7. The van der Waals surface area contributed by atoms with Gasteiger partial charge in [-0.2, -0.15) is 13.2 Å². The maximum atomic E-state index is 12.8. The van der Waals surface area contributed by atoms with Crippen molar-refractivity contribution in [3.8, 4) is 0 Å². The van der Waals surface area contributed by atoms with Crippen LogP contribution in [-0.4, -0.2) is 22.9 Å². The van der Waals surface area contributed by atoms with Gasteiger partial charge in [0.2, 0.25) is 0 Å². The molecular formula is C22H15F3N2O4. The number of halogens is 3. The third-order valence-electron chi connectivity index (χ3n) is 4.23. The van der Waals surface area contributed by atoms with Crippen molar-refractivity contribution < 1.29 is 32.7 Å². The van der Waals surface area contributed by atoms with Crippen LogP contribution in [-0.2, 0) is 6.18 Å². The number of hydrogen-bond donors (Lipinski definition) is 3. The van der Waals surface area contributed by atoms with Crippen molar-refractivity contribution in [2.45, 2.75) is 6.18 Å². The van der Waals surface area contributed by atoms with Crippen LogP contribution in [0.2, 0.25) is 0 Å². The molecule has 2 amide bonds. The lowest BCUT2D eigenvalue weighted by molar-refractivity contribution is -0.137. The Labute approximate surface area is 174 Å². The molecule has 0 aliphatic rings. The van der Waals surface area contributed by atoms with Gasteiger partial charge in [0.05, 0.1) is 16.7 Å². The first-order chi connectivity index (χ1) is 14.6. The summed E-state index contributed by atoms with van der Waals surface area (Å²) in [5.74, 6) is -2.63. The average molecular weight is 428 g/mol. The quantitative estimate of drug-likeness (QED) is 0.538. The fourth-order valence-corrected chi connectivity index (χ4v) is 2.78. The van der Waals surface area contributed by atoms with E-state index in [-0.39, 0.29) is 28.1 Å². The van der Waals surface area contributed by atoms with Gasteiger partial charge in [0.25, 0.3) is 11.8 Å². The number of rotatable bonds is 5. The Hall–Kier alpha value is -4.14. The van der Waals surface area contributed by atoms with Gasteiger partial charge in [-0.3, -0.25) is 9.59 Å². The number of aromatic carboxylic acids is 1. The van der Waals surface area contributed by atoms with E-state index < -0.39 is 29.5 Å². The molecule has 0 saturated heterocycles. The highest BCUT2D eigenvalue weighted by atomic mass is 19.4. The van der Waals surface area contributed by atoms with Crippen LogP contribution in [0.4, 0.5) is 24.5 Å². The molecule has 31 heavy (non-hydrogen) atoms. The zero-order valence-corrected chi connectivity index (χ0v) is 15.7. The smallest absolute Gasteiger partial charge is 0.416 e. The van der Waals surface area contributed by atoms with Crippen LogP contribution < -0.4 is 10.6 Å². The van der Waals surface area contributed by atoms with Crippen molar-refractivity contribution in [3.05, 3.63) is 95.1 Å². The predicted molar refractivity (Wildman–Crippen MR) is 107 cm³/mol. The Balaban J connectivity index is 1.77. The molecule has 3 rings (SSSR count). The highest BCUT2D eigenvalue weighted by Gasteiger charge is 2.30. The summed E-state index contributed by atoms with van der Waals surface area (Å²) < 4.78 is 38.5. The summed E-state index contributed by atoms with van der Waals surface area (Å²) in [7, 11) is 0. The number of carboxylic acid groups (broad SMARTS) is 1. The number of carbonyl (C=O) groups is 3. The zero-order chi connectivity index (χ0) is 22.6. The summed E-state index contributed by atoms with van der Waals surface area (Å²) >= 11 is 0. The molecule has 0 fully saturated rings. The minimum absolute atomic E-state index is 0.0374. The molecule has 3 N–H and O–H groups in total. The molecule has 6 nitrogen and oxygen atoms in total. The van der Waals surface area contributed by atoms with E-state index in [1.165, 1.54) is 60.7 Å². The Morgan fingerprint density at radius 2 is 1.29 bits per heavy atom. The SMILES string of the molecule is O=C(Nc1cccc(C(F)(F)F)c1)c1cccc(NC(=O)c2ccccc2C(=O)O)c1. The Morgan fingerprint density at radius 3 is 1.94 bits per heavy atom. The van der Waals surface area contributed by atoms with E-state index in [4.69, 9.17) is 0 Å². The van der Waals surface area contributed by atoms with E-state index in [1.807, 2.05) is 0 Å². The van der Waals surface area contributed by atoms with Gasteiger partial charge in [-0.05, 0) is 48.5 Å². The molecule has 0 bridgehead atoms. The van der Waals surface area contributed by atoms with Crippen LogP contribution in [0.5, 0.6) is 0 Å². The molecule has 0 atom stereocenters. The third kappa shape index (κ3) is 5.27. The van der Waals surface area contributed by atoms with Crippen molar-refractivity contribution >= 4 is 29.2 Å². The number of benzene rings is 3. The van der Waals surface area contributed by atoms with Crippen LogP contribution in [0.15, 0.2) is 72.8 Å². The molecule has 0 aromatic heterocycles. The normalized spacial score (nSPS) is 10.9. The van der Waals surface area contributed by atoms with Gasteiger partial charge in [-0.25, -0.2) is 4.79 Å². The summed E-state index contributed by atoms with van der Waals surface area (Å²) in [4.78, 5) is 36.2. The molecule has 0 unspecified atom stereocenters. The van der Waals surface area contributed by atoms with Crippen molar-refractivity contribution in [2.24, 2.45) is 0 Å². The highest BCUT2D eigenvalue weighted by molar-refractivity contribution is 6.11. The fraction of sp³-hybridized carbons (Fsp3) is 0.0455. The molecule has 0 spiro atoms. The molecule has 3 aromatic rings. The van der Waals surface area contributed by atoms with Crippen molar-refractivity contribution in [1.82, 2.24) is 0 Å². The fourth-order valence-electron chi connectivity index (χ4n) is 2.78. The van der Waals surface area contributed by atoms with Gasteiger partial charge >= 0.3 is 12.1 Å². The topological polar surface area (TPSA) is 95.5 Å². The number of carboxylic acids is 1. The monoisotopic (exact) mass is 428 g/mol. The lowest BCUT2D eigenvalue weighted by Crippen LogP contribution is -2.17. The Kier molecular flexibility index (Phi) is 6.05. The summed E-state index contributed by atoms with van der Waals surface area (Å²) in [5, 5.41) is 14.1. The van der Waals surface area contributed by atoms with Crippen molar-refractivity contribution in [1.29, 1.82) is 0 Å². The van der Waals surface area contributed by atoms with E-state index in [1.54, 1.807) is 0 Å². The van der Waals surface area contributed by atoms with Crippen molar-refractivity contribution in [2.75, 3.05) is 10.6 Å². The summed E-state index contributed by atoms with van der Waals surface area (Å²) in [6, 6.07) is 15.5. The molecule has 158 valence electrons. The summed E-state index contributed by atoms with van der Waals surface area (Å²) in [5.41, 5.74) is -0.885. The van der Waals surface area contributed by atoms with Crippen LogP contribution in [0.25, 0.3) is 0 Å². The molecular weight excluding hydrogens is 413 g/mol. The van der Waals surface area contributed by atoms with E-state index in [0.29, 0.717) is 0 Å². The number of carbonyl (C=O) groups excluding carboxylic acids is 2. The first kappa shape index (κ1) is 21.6. The van der Waals surface area contributed by atoms with Gasteiger partial charge in [-0.15, -0.1) is 0 Å². The van der Waals surface area contributed by atoms with Crippen LogP contribution in [0.3, 0.4) is 0 Å². The van der Waals surface area contributed by atoms with Gasteiger partial charge in [0.1, 0.15) is 0 Å². The van der Waals surface area contributed by atoms with Gasteiger partial charge < -0.3 is 15.7 Å². The average Bonchev–Trinajstić information content (AvgIpc) is 2.73. The van der Waals surface area contributed by atoms with E-state index in [2.05, 4.69) is 10.6 Å². The van der Waals surface area contributed by atoms with Crippen LogP contribution in [0, 0.1) is 0 Å². The highest BCUT2D eigenvalue weighted by Crippen LogP contribution is 2.30. The lowest BCUT2D eigenvalue weighted by atomic mass is 10.1. The largest absolute Gasteiger partial charge is 0.478 e. The molecule has 9 heteroatoms. The van der Waals surface area contributed by atoms with Crippen LogP contribution in [0.1, 0.15) is 36.6 Å². The lowest BCUT2D eigenvalue weighted by Gasteiger charge is -2.11. The molecule has 0 saturated carbocycles. The molecule has 0 aliphatic heterocycles. The first-order valence-electron chi connectivity index (χ1n) is 8.87. The second kappa shape index (κ2) is 8.70. The van der Waals surface area contributed by atoms with Gasteiger partial charge in [0.15, 0.2) is 0 Å². The summed E-state index contributed by atoms with van der Waals surface area (Å²) in [6.07, 6.45) is -4.54. The molecule has 3 aromatic carbocycles.